The minimum Gasteiger partial charge on any atom is -0.607 e. The third-order valence-corrected chi connectivity index (χ3v) is 5.57. The molecule has 0 aliphatic heterocycles. The molecule has 1 atom stereocenters. The zero-order chi connectivity index (χ0) is 20.0. The number of hydrogen-bond donors (Lipinski definition) is 0. The number of hydrogen-bond acceptors (Lipinski definition) is 1. The van der Waals surface area contributed by atoms with Crippen LogP contribution in [0.5, 0.6) is 0 Å². The lowest BCUT2D eigenvalue weighted by molar-refractivity contribution is -0.332. The Bertz CT molecular complexity index is 652. The first-order chi connectivity index (χ1) is 10.9. The Morgan fingerprint density at radius 2 is 1.52 bits per heavy atom. The van der Waals surface area contributed by atoms with E-state index in [9.17, 15) is 35.3 Å². The first-order valence-corrected chi connectivity index (χ1v) is 9.50. The monoisotopic (exact) mass is 579 g/mol. The van der Waals surface area contributed by atoms with Crippen LogP contribution in [0.2, 0.25) is 0 Å². The zero-order valence-electron chi connectivity index (χ0n) is 11.1. The van der Waals surface area contributed by atoms with Gasteiger partial charge in [0.25, 0.3) is 0 Å². The van der Waals surface area contributed by atoms with E-state index in [0.717, 1.165) is 0 Å². The molecule has 25 heavy (non-hydrogen) atoms. The maximum absolute atomic E-state index is 13.7. The van der Waals surface area contributed by atoms with Crippen LogP contribution in [-0.4, -0.2) is 25.7 Å². The summed E-state index contributed by atoms with van der Waals surface area (Å²) in [5, 5.41) is -5.98. The highest BCUT2D eigenvalue weighted by Crippen LogP contribution is 2.52. The van der Waals surface area contributed by atoms with Crippen molar-refractivity contribution < 1.29 is 35.3 Å². The van der Waals surface area contributed by atoms with E-state index >= 15 is 0 Å². The van der Waals surface area contributed by atoms with E-state index < -0.39 is 49.2 Å². The molecule has 0 aromatic heterocycles. The van der Waals surface area contributed by atoms with Crippen molar-refractivity contribution in [1.29, 1.82) is 0 Å². The van der Waals surface area contributed by atoms with E-state index in [0.29, 0.717) is 6.07 Å². The zero-order valence-corrected chi connectivity index (χ0v) is 17.4. The second kappa shape index (κ2) is 7.71. The molecule has 143 valence electrons. The standard InChI is InChI=1S/C11H3Br2Cl3F7OS/c12-4-1-6(13)5(3-8(14,15)16)7(2-4)25(24)11(22,23)9(17,18)10(19,20)21/h2H,3H2. The van der Waals surface area contributed by atoms with Gasteiger partial charge in [-0.1, -0.05) is 34.8 Å². The van der Waals surface area contributed by atoms with E-state index in [-0.39, 0.29) is 8.95 Å². The maximum Gasteiger partial charge on any atom is 0.486 e. The lowest BCUT2D eigenvalue weighted by Crippen LogP contribution is -2.56. The molecule has 1 aromatic carbocycles. The highest BCUT2D eigenvalue weighted by atomic mass is 79.9. The largest absolute Gasteiger partial charge is 0.607 e. The molecule has 1 nitrogen and oxygen atoms in total. The highest BCUT2D eigenvalue weighted by Gasteiger charge is 2.80. The minimum atomic E-state index is -6.63. The SMILES string of the molecule is [O-][S+](c1cc(Br)[c]c(Br)c1CC(Cl)(Cl)Cl)C(F)(F)C(F)(F)C(F)(F)F. The third-order valence-electron chi connectivity index (χ3n) is 2.58. The molecule has 0 amide bonds. The Labute approximate surface area is 171 Å². The molecule has 0 spiro atoms. The van der Waals surface area contributed by atoms with Crippen molar-refractivity contribution in [3.05, 3.63) is 26.6 Å². The Morgan fingerprint density at radius 3 is 1.92 bits per heavy atom. The molecule has 0 aliphatic rings. The topological polar surface area (TPSA) is 23.1 Å². The van der Waals surface area contributed by atoms with E-state index in [4.69, 9.17) is 34.8 Å². The van der Waals surface area contributed by atoms with Crippen molar-refractivity contribution in [3.63, 3.8) is 0 Å². The number of rotatable bonds is 4. The predicted octanol–water partition coefficient (Wildman–Crippen LogP) is 6.82. The van der Waals surface area contributed by atoms with E-state index in [2.05, 4.69) is 37.9 Å². The lowest BCUT2D eigenvalue weighted by atomic mass is 10.2. The van der Waals surface area contributed by atoms with Gasteiger partial charge in [0, 0.05) is 33.1 Å². The first kappa shape index (κ1) is 23.9. The fourth-order valence-corrected chi connectivity index (χ4v) is 4.67. The molecule has 1 rings (SSSR count). The van der Waals surface area contributed by atoms with Crippen molar-refractivity contribution >= 4 is 77.8 Å². The van der Waals surface area contributed by atoms with E-state index in [1.807, 2.05) is 0 Å². The summed E-state index contributed by atoms with van der Waals surface area (Å²) in [4.78, 5) is -1.07. The van der Waals surface area contributed by atoms with E-state index in [1.54, 1.807) is 0 Å². The van der Waals surface area contributed by atoms with Crippen LogP contribution in [0.25, 0.3) is 0 Å². The second-order valence-electron chi connectivity index (χ2n) is 4.42. The lowest BCUT2D eigenvalue weighted by Gasteiger charge is -2.29. The van der Waals surface area contributed by atoms with Crippen LogP contribution in [0.1, 0.15) is 5.56 Å². The van der Waals surface area contributed by atoms with Gasteiger partial charge in [0.1, 0.15) is 0 Å². The number of alkyl halides is 10. The van der Waals surface area contributed by atoms with Crippen LogP contribution in [0, 0.1) is 6.07 Å². The summed E-state index contributed by atoms with van der Waals surface area (Å²) in [5.41, 5.74) is -0.473. The van der Waals surface area contributed by atoms with Gasteiger partial charge in [0.2, 0.25) is 0 Å². The average Bonchev–Trinajstić information content (AvgIpc) is 2.37. The summed E-state index contributed by atoms with van der Waals surface area (Å²) in [5.74, 6) is -6.55. The van der Waals surface area contributed by atoms with Crippen LogP contribution in [0.4, 0.5) is 30.7 Å². The summed E-state index contributed by atoms with van der Waals surface area (Å²) in [7, 11) is 0. The molecule has 1 unspecified atom stereocenters. The first-order valence-electron chi connectivity index (χ1n) is 5.63. The third kappa shape index (κ3) is 5.23. The summed E-state index contributed by atoms with van der Waals surface area (Å²) in [6.45, 7) is 0. The summed E-state index contributed by atoms with van der Waals surface area (Å²) in [6.07, 6.45) is -7.34. The smallest absolute Gasteiger partial charge is 0.486 e. The summed E-state index contributed by atoms with van der Waals surface area (Å²) in [6, 6.07) is 3.08. The van der Waals surface area contributed by atoms with Gasteiger partial charge in [0.15, 0.2) is 8.69 Å². The quantitative estimate of drug-likeness (QED) is 0.217. The second-order valence-corrected chi connectivity index (χ2v) is 10.1. The molecule has 1 aromatic rings. The van der Waals surface area contributed by atoms with Gasteiger partial charge < -0.3 is 4.55 Å². The van der Waals surface area contributed by atoms with Gasteiger partial charge in [-0.25, -0.2) is 0 Å². The van der Waals surface area contributed by atoms with Crippen LogP contribution in [0.15, 0.2) is 19.9 Å². The van der Waals surface area contributed by atoms with E-state index in [1.165, 1.54) is 0 Å². The Balaban J connectivity index is 3.54. The number of halogens is 12. The molecule has 0 aliphatic carbocycles. The van der Waals surface area contributed by atoms with Crippen molar-refractivity contribution in [2.75, 3.05) is 0 Å². The van der Waals surface area contributed by atoms with Crippen LogP contribution < -0.4 is 0 Å². The van der Waals surface area contributed by atoms with Gasteiger partial charge in [-0.2, -0.15) is 22.0 Å². The Kier molecular flexibility index (Phi) is 7.37. The highest BCUT2D eigenvalue weighted by molar-refractivity contribution is 9.11. The van der Waals surface area contributed by atoms with Gasteiger partial charge in [-0.3, -0.25) is 0 Å². The molecule has 0 saturated heterocycles. The Morgan fingerprint density at radius 1 is 1.04 bits per heavy atom. The fourth-order valence-electron chi connectivity index (χ4n) is 1.48. The average molecular weight is 582 g/mol. The molecular formula is C11H3Br2Cl3F7OS. The molecule has 1 radical (unpaired) electrons. The normalized spacial score (nSPS) is 15.4. The maximum atomic E-state index is 13.7. The van der Waals surface area contributed by atoms with Crippen molar-refractivity contribution in [1.82, 2.24) is 0 Å². The summed E-state index contributed by atoms with van der Waals surface area (Å²) >= 11 is 18.0. The molecule has 0 N–H and O–H groups in total. The predicted molar refractivity (Wildman–Crippen MR) is 87.0 cm³/mol. The Hall–Kier alpha value is 0.870. The molecule has 0 saturated carbocycles. The van der Waals surface area contributed by atoms with Crippen molar-refractivity contribution in [3.8, 4) is 0 Å². The fraction of sp³-hybridized carbons (Fsp3) is 0.455. The molecule has 0 heterocycles. The van der Waals surface area contributed by atoms with Crippen molar-refractivity contribution in [2.24, 2.45) is 0 Å². The summed E-state index contributed by atoms with van der Waals surface area (Å²) < 4.78 is 100. The van der Waals surface area contributed by atoms with Gasteiger partial charge in [-0.05, 0) is 31.9 Å². The molecular weight excluding hydrogens is 579 g/mol. The van der Waals surface area contributed by atoms with Crippen LogP contribution in [0.3, 0.4) is 0 Å². The van der Waals surface area contributed by atoms with Crippen molar-refractivity contribution in [2.45, 2.75) is 32.5 Å². The van der Waals surface area contributed by atoms with Gasteiger partial charge in [0.05, 0.1) is 11.2 Å². The van der Waals surface area contributed by atoms with Gasteiger partial charge in [-0.15, -0.1) is 8.78 Å². The van der Waals surface area contributed by atoms with Crippen LogP contribution >= 0.6 is 66.7 Å². The van der Waals surface area contributed by atoms with Crippen LogP contribution in [-0.2, 0) is 17.6 Å². The molecule has 0 bridgehead atoms. The molecule has 0 fully saturated rings. The molecule has 14 heteroatoms. The minimum absolute atomic E-state index is 0.151. The number of benzene rings is 1. The van der Waals surface area contributed by atoms with Gasteiger partial charge >= 0.3 is 17.4 Å².